The van der Waals surface area contributed by atoms with E-state index >= 15 is 0 Å². The summed E-state index contributed by atoms with van der Waals surface area (Å²) < 4.78 is 5.44. The van der Waals surface area contributed by atoms with Crippen LogP contribution in [0.5, 0.6) is 0 Å². The molecular weight excluding hydrogens is 370 g/mol. The molecule has 8 heteroatoms. The van der Waals surface area contributed by atoms with E-state index in [9.17, 15) is 9.59 Å². The zero-order valence-electron chi connectivity index (χ0n) is 15.7. The fourth-order valence-electron chi connectivity index (χ4n) is 3.79. The molecule has 0 unspecified atom stereocenters. The monoisotopic (exact) mass is 389 g/mol. The Kier molecular flexibility index (Phi) is 4.04. The van der Waals surface area contributed by atoms with Crippen LogP contribution in [0.3, 0.4) is 0 Å². The molecule has 8 nitrogen and oxygen atoms in total. The second-order valence-corrected chi connectivity index (χ2v) is 7.13. The van der Waals surface area contributed by atoms with Crippen molar-refractivity contribution in [1.82, 2.24) is 23.7 Å². The highest BCUT2D eigenvalue weighted by Crippen LogP contribution is 2.27. The van der Waals surface area contributed by atoms with Gasteiger partial charge in [0.15, 0.2) is 0 Å². The van der Waals surface area contributed by atoms with E-state index in [0.717, 1.165) is 40.0 Å². The summed E-state index contributed by atoms with van der Waals surface area (Å²) in [6, 6.07) is 9.60. The third-order valence-corrected chi connectivity index (χ3v) is 5.21. The van der Waals surface area contributed by atoms with E-state index in [1.165, 1.54) is 0 Å². The lowest BCUT2D eigenvalue weighted by atomic mass is 10.3. The quantitative estimate of drug-likeness (QED) is 0.524. The number of allylic oxidation sites excluding steroid dienone is 2. The number of carboxylic acids is 1. The lowest BCUT2D eigenvalue weighted by Crippen LogP contribution is -2.24. The number of para-hydroxylation sites is 2. The van der Waals surface area contributed by atoms with Gasteiger partial charge < -0.3 is 9.67 Å². The number of aryl methyl sites for hydroxylation is 1. The van der Waals surface area contributed by atoms with Gasteiger partial charge in [0.05, 0.1) is 34.8 Å². The molecular formula is C21H19N5O3. The van der Waals surface area contributed by atoms with Gasteiger partial charge in [-0.15, -0.1) is 0 Å². The molecule has 0 atom stereocenters. The van der Waals surface area contributed by atoms with Crippen molar-refractivity contribution in [3.63, 3.8) is 0 Å². The Morgan fingerprint density at radius 1 is 1.10 bits per heavy atom. The Balaban J connectivity index is 1.61. The van der Waals surface area contributed by atoms with E-state index in [4.69, 9.17) is 10.1 Å². The molecule has 0 saturated heterocycles. The van der Waals surface area contributed by atoms with Crippen LogP contribution in [-0.2, 0) is 17.9 Å². The lowest BCUT2D eigenvalue weighted by Gasteiger charge is -2.09. The van der Waals surface area contributed by atoms with Crippen molar-refractivity contribution < 1.29 is 9.90 Å². The van der Waals surface area contributed by atoms with Gasteiger partial charge in [-0.1, -0.05) is 18.2 Å². The molecule has 29 heavy (non-hydrogen) atoms. The van der Waals surface area contributed by atoms with Gasteiger partial charge >= 0.3 is 11.7 Å². The van der Waals surface area contributed by atoms with Gasteiger partial charge in [-0.25, -0.2) is 9.78 Å². The summed E-state index contributed by atoms with van der Waals surface area (Å²) in [7, 11) is 0. The number of nitrogens with zero attached hydrogens (tertiary/aromatic N) is 5. The van der Waals surface area contributed by atoms with Crippen molar-refractivity contribution >= 4 is 33.7 Å². The predicted molar refractivity (Wildman–Crippen MR) is 109 cm³/mol. The average molecular weight is 389 g/mol. The number of pyridine rings is 1. The highest BCUT2D eigenvalue weighted by atomic mass is 16.4. The van der Waals surface area contributed by atoms with Crippen LogP contribution in [-0.4, -0.2) is 34.7 Å². The minimum atomic E-state index is -0.820. The normalized spacial score (nSPS) is 13.2. The topological polar surface area (TPSA) is 94.9 Å². The third kappa shape index (κ3) is 3.02. The van der Waals surface area contributed by atoms with E-state index in [2.05, 4.69) is 4.98 Å². The molecule has 0 fully saturated rings. The zero-order valence-corrected chi connectivity index (χ0v) is 15.7. The van der Waals surface area contributed by atoms with Crippen LogP contribution in [0, 0.1) is 0 Å². The molecule has 0 spiro atoms. The van der Waals surface area contributed by atoms with Crippen LogP contribution >= 0.6 is 0 Å². The number of carboxylic acid groups (broad SMARTS) is 1. The number of imidazole rings is 2. The highest BCUT2D eigenvalue weighted by Gasteiger charge is 2.22. The first-order valence-electron chi connectivity index (χ1n) is 9.54. The molecule has 0 aliphatic heterocycles. The SMILES string of the molecule is O=C(O)CCCn1c(Cn2c(=O)n(C3=CC3)c3ccncc32)nc2ccccc21. The van der Waals surface area contributed by atoms with Crippen LogP contribution < -0.4 is 5.69 Å². The number of aromatic nitrogens is 5. The Hall–Kier alpha value is -3.68. The summed E-state index contributed by atoms with van der Waals surface area (Å²) in [6.45, 7) is 0.821. The molecule has 146 valence electrons. The van der Waals surface area contributed by atoms with Crippen LogP contribution in [0.4, 0.5) is 0 Å². The van der Waals surface area contributed by atoms with Crippen molar-refractivity contribution in [3.8, 4) is 0 Å². The molecule has 1 aliphatic carbocycles. The Morgan fingerprint density at radius 2 is 1.93 bits per heavy atom. The lowest BCUT2D eigenvalue weighted by molar-refractivity contribution is -0.137. The summed E-state index contributed by atoms with van der Waals surface area (Å²) in [6.07, 6.45) is 6.80. The Bertz CT molecular complexity index is 1340. The second-order valence-electron chi connectivity index (χ2n) is 7.13. The summed E-state index contributed by atoms with van der Waals surface area (Å²) in [4.78, 5) is 33.0. The maximum Gasteiger partial charge on any atom is 0.333 e. The van der Waals surface area contributed by atoms with Crippen molar-refractivity contribution in [1.29, 1.82) is 0 Å². The first-order valence-corrected chi connectivity index (χ1v) is 9.54. The maximum atomic E-state index is 13.1. The molecule has 1 aromatic carbocycles. The molecule has 3 aromatic heterocycles. The summed E-state index contributed by atoms with van der Waals surface area (Å²) in [5.41, 5.74) is 4.25. The van der Waals surface area contributed by atoms with E-state index in [1.807, 2.05) is 41.0 Å². The van der Waals surface area contributed by atoms with Crippen LogP contribution in [0.15, 0.2) is 53.6 Å². The van der Waals surface area contributed by atoms with Crippen LogP contribution in [0.2, 0.25) is 0 Å². The van der Waals surface area contributed by atoms with Gasteiger partial charge in [-0.05, 0) is 24.6 Å². The van der Waals surface area contributed by atoms with E-state index < -0.39 is 5.97 Å². The number of hydrogen-bond donors (Lipinski definition) is 1. The fourth-order valence-corrected chi connectivity index (χ4v) is 3.79. The van der Waals surface area contributed by atoms with Crippen LogP contribution in [0.1, 0.15) is 25.1 Å². The van der Waals surface area contributed by atoms with E-state index in [-0.39, 0.29) is 12.1 Å². The number of benzene rings is 1. The standard InChI is InChI=1S/C21H19N5O3/c27-20(28)6-3-11-24-16-5-2-1-4-15(16)23-19(24)13-25-18-12-22-10-9-17(18)26(21(25)29)14-7-8-14/h1-2,4-5,7,9-10,12H,3,6,8,11,13H2,(H,27,28). The minimum absolute atomic E-state index is 0.0866. The smallest absolute Gasteiger partial charge is 0.333 e. The number of aliphatic carboxylic acids is 1. The molecule has 0 radical (unpaired) electrons. The molecule has 3 heterocycles. The van der Waals surface area contributed by atoms with Crippen molar-refractivity contribution in [3.05, 3.63) is 65.1 Å². The number of rotatable bonds is 7. The van der Waals surface area contributed by atoms with E-state index in [0.29, 0.717) is 19.5 Å². The largest absolute Gasteiger partial charge is 0.481 e. The Morgan fingerprint density at radius 3 is 2.72 bits per heavy atom. The second kappa shape index (κ2) is 6.73. The molecule has 1 N–H and O–H groups in total. The maximum absolute atomic E-state index is 13.1. The van der Waals surface area contributed by atoms with Crippen LogP contribution in [0.25, 0.3) is 27.8 Å². The molecule has 0 saturated carbocycles. The van der Waals surface area contributed by atoms with Gasteiger partial charge in [-0.2, -0.15) is 0 Å². The van der Waals surface area contributed by atoms with E-state index in [1.54, 1.807) is 21.5 Å². The fraction of sp³-hybridized carbons (Fsp3) is 0.238. The zero-order chi connectivity index (χ0) is 20.0. The molecule has 5 rings (SSSR count). The number of hydrogen-bond acceptors (Lipinski definition) is 4. The summed E-state index contributed by atoms with van der Waals surface area (Å²) in [5, 5.41) is 8.99. The molecule has 1 aliphatic rings. The van der Waals surface area contributed by atoms with Crippen molar-refractivity contribution in [2.45, 2.75) is 32.4 Å². The van der Waals surface area contributed by atoms with Crippen molar-refractivity contribution in [2.24, 2.45) is 0 Å². The van der Waals surface area contributed by atoms with Gasteiger partial charge in [0, 0.05) is 31.3 Å². The third-order valence-electron chi connectivity index (χ3n) is 5.21. The summed E-state index contributed by atoms with van der Waals surface area (Å²) >= 11 is 0. The number of carbonyl (C=O) groups is 1. The van der Waals surface area contributed by atoms with Gasteiger partial charge in [-0.3, -0.25) is 18.9 Å². The predicted octanol–water partition coefficient (Wildman–Crippen LogP) is 2.71. The molecule has 4 aromatic rings. The van der Waals surface area contributed by atoms with Crippen molar-refractivity contribution in [2.75, 3.05) is 0 Å². The molecule has 0 bridgehead atoms. The minimum Gasteiger partial charge on any atom is -0.481 e. The summed E-state index contributed by atoms with van der Waals surface area (Å²) in [5.74, 6) is -0.0922. The average Bonchev–Trinajstić information content (AvgIpc) is 3.43. The highest BCUT2D eigenvalue weighted by molar-refractivity contribution is 5.81. The van der Waals surface area contributed by atoms with Gasteiger partial charge in [0.1, 0.15) is 5.82 Å². The Labute approximate surface area is 165 Å². The van der Waals surface area contributed by atoms with Gasteiger partial charge in [0.25, 0.3) is 0 Å². The number of fused-ring (bicyclic) bond motifs is 2. The first-order chi connectivity index (χ1) is 14.1. The first kappa shape index (κ1) is 17.4. The molecule has 0 amide bonds. The van der Waals surface area contributed by atoms with Gasteiger partial charge in [0.2, 0.25) is 0 Å².